The van der Waals surface area contributed by atoms with Crippen molar-refractivity contribution in [3.63, 3.8) is 0 Å². The van der Waals surface area contributed by atoms with Crippen LogP contribution in [0.25, 0.3) is 0 Å². The van der Waals surface area contributed by atoms with Crippen LogP contribution < -0.4 is 21.3 Å². The van der Waals surface area contributed by atoms with Crippen molar-refractivity contribution in [2.45, 2.75) is 23.5 Å². The quantitative estimate of drug-likeness (QED) is 0.613. The molecule has 0 radical (unpaired) electrons. The Morgan fingerprint density at radius 3 is 2.79 bits per heavy atom. The predicted molar refractivity (Wildman–Crippen MR) is 107 cm³/mol. The van der Waals surface area contributed by atoms with Crippen molar-refractivity contribution in [3.8, 4) is 0 Å². The van der Waals surface area contributed by atoms with Gasteiger partial charge in [0.25, 0.3) is 0 Å². The van der Waals surface area contributed by atoms with Gasteiger partial charge in [-0.1, -0.05) is 36.4 Å². The molecule has 2 saturated heterocycles. The molecule has 4 atom stereocenters. The summed E-state index contributed by atoms with van der Waals surface area (Å²) in [6.07, 6.45) is 0. The van der Waals surface area contributed by atoms with Crippen LogP contribution in [-0.4, -0.2) is 41.7 Å². The molecule has 4 rings (SSSR count). The van der Waals surface area contributed by atoms with E-state index in [0.717, 1.165) is 6.54 Å². The maximum atomic E-state index is 13.2. The van der Waals surface area contributed by atoms with Crippen molar-refractivity contribution in [1.29, 1.82) is 0 Å². The molecule has 2 fully saturated rings. The molecular weight excluding hydrogens is 379 g/mol. The van der Waals surface area contributed by atoms with Gasteiger partial charge in [0.1, 0.15) is 17.4 Å². The van der Waals surface area contributed by atoms with E-state index in [4.69, 9.17) is 0 Å². The third-order valence-corrected chi connectivity index (χ3v) is 5.98. The molecule has 2 amide bonds. The van der Waals surface area contributed by atoms with Gasteiger partial charge < -0.3 is 16.0 Å². The van der Waals surface area contributed by atoms with E-state index in [1.165, 1.54) is 35.5 Å². The second-order valence-electron chi connectivity index (χ2n) is 6.85. The highest BCUT2D eigenvalue weighted by Gasteiger charge is 2.45. The van der Waals surface area contributed by atoms with Crippen LogP contribution in [0, 0.1) is 5.82 Å². The molecule has 0 saturated carbocycles. The van der Waals surface area contributed by atoms with Gasteiger partial charge in [0.2, 0.25) is 11.8 Å². The van der Waals surface area contributed by atoms with Crippen LogP contribution in [-0.2, 0) is 9.59 Å². The molecule has 2 aliphatic heterocycles. The Morgan fingerprint density at radius 2 is 2.00 bits per heavy atom. The van der Waals surface area contributed by atoms with Gasteiger partial charge >= 0.3 is 0 Å². The molecule has 28 heavy (non-hydrogen) atoms. The summed E-state index contributed by atoms with van der Waals surface area (Å²) in [5.74, 6) is -0.405. The lowest BCUT2D eigenvalue weighted by atomic mass is 9.90. The van der Waals surface area contributed by atoms with Gasteiger partial charge in [0, 0.05) is 24.2 Å². The third kappa shape index (κ3) is 4.19. The highest BCUT2D eigenvalue weighted by Crippen LogP contribution is 2.29. The van der Waals surface area contributed by atoms with Crippen LogP contribution in [0.5, 0.6) is 0 Å². The fraction of sp³-hybridized carbons (Fsp3) is 0.300. The Balaban J connectivity index is 1.35. The SMILES string of the molecule is O=C(CSC1NC(=O)C2NCC(c3ccccc3)C2N1)Nc1cccc(F)c1. The summed E-state index contributed by atoms with van der Waals surface area (Å²) >= 11 is 1.30. The van der Waals surface area contributed by atoms with Crippen molar-refractivity contribution in [3.05, 3.63) is 66.0 Å². The van der Waals surface area contributed by atoms with Gasteiger partial charge in [0.05, 0.1) is 5.75 Å². The maximum absolute atomic E-state index is 13.2. The third-order valence-electron chi connectivity index (χ3n) is 4.97. The summed E-state index contributed by atoms with van der Waals surface area (Å²) in [6, 6.07) is 15.5. The number of anilines is 1. The zero-order valence-electron chi connectivity index (χ0n) is 15.0. The lowest BCUT2D eigenvalue weighted by molar-refractivity contribution is -0.125. The normalized spacial score (nSPS) is 26.4. The molecule has 0 aromatic heterocycles. The predicted octanol–water partition coefficient (Wildman–Crippen LogP) is 1.62. The number of thioether (sulfide) groups is 1. The van der Waals surface area contributed by atoms with Gasteiger partial charge in [-0.25, -0.2) is 4.39 Å². The van der Waals surface area contributed by atoms with Crippen LogP contribution in [0.15, 0.2) is 54.6 Å². The van der Waals surface area contributed by atoms with E-state index in [-0.39, 0.29) is 41.1 Å². The molecule has 2 aromatic rings. The average Bonchev–Trinajstić information content (AvgIpc) is 3.12. The van der Waals surface area contributed by atoms with Crippen LogP contribution in [0.3, 0.4) is 0 Å². The summed E-state index contributed by atoms with van der Waals surface area (Å²) in [7, 11) is 0. The number of carbonyl (C=O) groups excluding carboxylic acids is 2. The summed E-state index contributed by atoms with van der Waals surface area (Å²) in [4.78, 5) is 24.6. The maximum Gasteiger partial charge on any atom is 0.240 e. The first-order valence-electron chi connectivity index (χ1n) is 9.12. The Kier molecular flexibility index (Phi) is 5.61. The lowest BCUT2D eigenvalue weighted by Gasteiger charge is -2.35. The Hall–Kier alpha value is -2.42. The van der Waals surface area contributed by atoms with Crippen LogP contribution in [0.4, 0.5) is 10.1 Å². The second kappa shape index (κ2) is 8.30. The molecule has 2 aliphatic rings. The highest BCUT2D eigenvalue weighted by molar-refractivity contribution is 8.00. The zero-order chi connectivity index (χ0) is 19.5. The zero-order valence-corrected chi connectivity index (χ0v) is 15.8. The van der Waals surface area contributed by atoms with Gasteiger partial charge in [-0.15, -0.1) is 11.8 Å². The van der Waals surface area contributed by atoms with Gasteiger partial charge in [0.15, 0.2) is 0 Å². The fourth-order valence-electron chi connectivity index (χ4n) is 3.68. The van der Waals surface area contributed by atoms with Crippen molar-refractivity contribution in [2.75, 3.05) is 17.6 Å². The monoisotopic (exact) mass is 400 g/mol. The van der Waals surface area contributed by atoms with E-state index < -0.39 is 5.82 Å². The summed E-state index contributed by atoms with van der Waals surface area (Å²) in [5.41, 5.74) is 1.23. The number of benzene rings is 2. The molecule has 146 valence electrons. The molecule has 0 aliphatic carbocycles. The number of rotatable bonds is 5. The van der Waals surface area contributed by atoms with Crippen LogP contribution in [0.1, 0.15) is 11.5 Å². The molecule has 2 heterocycles. The number of hydrogen-bond donors (Lipinski definition) is 4. The van der Waals surface area contributed by atoms with Crippen molar-refractivity contribution >= 4 is 29.3 Å². The number of halogens is 1. The molecule has 0 bridgehead atoms. The van der Waals surface area contributed by atoms with Gasteiger partial charge in [-0.05, 0) is 23.8 Å². The molecule has 2 aromatic carbocycles. The number of amides is 2. The van der Waals surface area contributed by atoms with Crippen LogP contribution >= 0.6 is 11.8 Å². The Labute approximate surface area is 166 Å². The minimum atomic E-state index is -0.404. The minimum absolute atomic E-state index is 0.0417. The summed E-state index contributed by atoms with van der Waals surface area (Å²) < 4.78 is 13.2. The largest absolute Gasteiger partial charge is 0.330 e. The topological polar surface area (TPSA) is 82.3 Å². The summed E-state index contributed by atoms with van der Waals surface area (Å²) in [5, 5.41) is 12.3. The van der Waals surface area contributed by atoms with E-state index in [1.807, 2.05) is 18.2 Å². The van der Waals surface area contributed by atoms with Crippen molar-refractivity contribution in [1.82, 2.24) is 16.0 Å². The molecule has 0 spiro atoms. The van der Waals surface area contributed by atoms with Crippen molar-refractivity contribution < 1.29 is 14.0 Å². The standard InChI is InChI=1S/C20H21FN4O2S/c21-13-7-4-8-14(9-13)23-16(26)11-28-20-24-17-15(12-5-2-1-3-6-12)10-22-18(17)19(27)25-20/h1-9,15,17-18,20,22,24H,10-11H2,(H,23,26)(H,25,27). The first-order chi connectivity index (χ1) is 13.6. The van der Waals surface area contributed by atoms with Gasteiger partial charge in [-0.2, -0.15) is 0 Å². The highest BCUT2D eigenvalue weighted by atomic mass is 32.2. The number of carbonyl (C=O) groups is 2. The second-order valence-corrected chi connectivity index (χ2v) is 7.95. The van der Waals surface area contributed by atoms with E-state index in [1.54, 1.807) is 6.07 Å². The summed E-state index contributed by atoms with van der Waals surface area (Å²) in [6.45, 7) is 0.719. The Bertz CT molecular complexity index is 866. The van der Waals surface area contributed by atoms with E-state index >= 15 is 0 Å². The smallest absolute Gasteiger partial charge is 0.240 e. The first kappa shape index (κ1) is 18.9. The fourth-order valence-corrected chi connectivity index (χ4v) is 4.52. The molecule has 8 heteroatoms. The average molecular weight is 400 g/mol. The first-order valence-corrected chi connectivity index (χ1v) is 10.2. The number of hydrogen-bond acceptors (Lipinski definition) is 5. The van der Waals surface area contributed by atoms with E-state index in [0.29, 0.717) is 5.69 Å². The van der Waals surface area contributed by atoms with Crippen LogP contribution in [0.2, 0.25) is 0 Å². The Morgan fingerprint density at radius 1 is 1.18 bits per heavy atom. The van der Waals surface area contributed by atoms with Gasteiger partial charge in [-0.3, -0.25) is 14.9 Å². The molecule has 4 N–H and O–H groups in total. The van der Waals surface area contributed by atoms with Crippen molar-refractivity contribution in [2.24, 2.45) is 0 Å². The number of nitrogens with one attached hydrogen (secondary N) is 4. The van der Waals surface area contributed by atoms with E-state index in [2.05, 4.69) is 33.4 Å². The molecular formula is C20H21FN4O2S. The number of fused-ring (bicyclic) bond motifs is 1. The molecule has 6 nitrogen and oxygen atoms in total. The lowest BCUT2D eigenvalue weighted by Crippen LogP contribution is -2.64. The molecule has 4 unspecified atom stereocenters. The minimum Gasteiger partial charge on any atom is -0.330 e. The van der Waals surface area contributed by atoms with E-state index in [9.17, 15) is 14.0 Å².